The second kappa shape index (κ2) is 14.2. The maximum absolute atomic E-state index is 13.3. The largest absolute Gasteiger partial charge is 0.361 e. The molecule has 1 unspecified atom stereocenters. The van der Waals surface area contributed by atoms with Crippen LogP contribution >= 0.6 is 18.1 Å². The average Bonchev–Trinajstić information content (AvgIpc) is 3.10. The Morgan fingerprint density at radius 2 is 1.35 bits per heavy atom. The van der Waals surface area contributed by atoms with Crippen molar-refractivity contribution in [3.63, 3.8) is 0 Å². The van der Waals surface area contributed by atoms with Crippen molar-refractivity contribution in [3.8, 4) is 0 Å². The number of aromatic nitrogens is 2. The van der Waals surface area contributed by atoms with Gasteiger partial charge in [-0.2, -0.15) is 0 Å². The normalized spacial score (nSPS) is 19.1. The first-order valence-electron chi connectivity index (χ1n) is 15.8. The minimum Gasteiger partial charge on any atom is -0.351 e. The molecule has 4 aromatic carbocycles. The first kappa shape index (κ1) is 33.8. The predicted molar refractivity (Wildman–Crippen MR) is 188 cm³/mol. The lowest BCUT2D eigenvalue weighted by molar-refractivity contribution is -0.142. The molecule has 1 aliphatic heterocycles. The van der Waals surface area contributed by atoms with E-state index in [2.05, 4.69) is 46.3 Å². The Balaban J connectivity index is 1.54. The lowest BCUT2D eigenvalue weighted by Gasteiger charge is -2.51. The molecule has 5 aromatic rings. The number of rotatable bonds is 10. The molecule has 1 aliphatic rings. The van der Waals surface area contributed by atoms with Crippen LogP contribution < -0.4 is 11.2 Å². The summed E-state index contributed by atoms with van der Waals surface area (Å²) in [5, 5.41) is 0. The van der Waals surface area contributed by atoms with Crippen molar-refractivity contribution in [2.45, 2.75) is 37.8 Å². The standard InChI is InChI=1S/C37H38ClN4O5P/c1-27-23-41(36(44)39-35(27)43)34-26-40(24-33(47-34)25-42(48(38,45)46)28(2)29-15-7-3-8-16-29)37(30-17-9-4-10-18-30,31-19-11-5-12-20-31)32-21-13-6-14-22-32/h3-23,28,33-34H,24-26H2,1-2H3,(H,45,46)(H,39,43,44)/t28-,33+,34-/m1/s1. The third-order valence-electron chi connectivity index (χ3n) is 9.09. The van der Waals surface area contributed by atoms with Gasteiger partial charge in [0.2, 0.25) is 0 Å². The fourth-order valence-electron chi connectivity index (χ4n) is 6.82. The van der Waals surface area contributed by atoms with Crippen LogP contribution in [-0.2, 0) is 14.8 Å². The van der Waals surface area contributed by atoms with Crippen LogP contribution in [0.25, 0.3) is 0 Å². The minimum atomic E-state index is -4.32. The zero-order valence-corrected chi connectivity index (χ0v) is 28.4. The summed E-state index contributed by atoms with van der Waals surface area (Å²) in [6.07, 6.45) is -0.0711. The lowest BCUT2D eigenvalue weighted by atomic mass is 9.75. The van der Waals surface area contributed by atoms with Crippen molar-refractivity contribution in [3.05, 3.63) is 176 Å². The molecule has 2 heterocycles. The Bertz CT molecular complexity index is 1890. The monoisotopic (exact) mass is 684 g/mol. The quantitative estimate of drug-likeness (QED) is 0.129. The summed E-state index contributed by atoms with van der Waals surface area (Å²) in [6, 6.07) is 39.3. The van der Waals surface area contributed by atoms with E-state index in [4.69, 9.17) is 16.0 Å². The first-order valence-corrected chi connectivity index (χ1v) is 18.3. The van der Waals surface area contributed by atoms with E-state index in [0.29, 0.717) is 12.1 Å². The molecule has 11 heteroatoms. The van der Waals surface area contributed by atoms with E-state index < -0.39 is 42.0 Å². The van der Waals surface area contributed by atoms with E-state index in [1.54, 1.807) is 6.92 Å². The van der Waals surface area contributed by atoms with Gasteiger partial charge >= 0.3 is 12.6 Å². The van der Waals surface area contributed by atoms with Gasteiger partial charge in [0.25, 0.3) is 5.56 Å². The van der Waals surface area contributed by atoms with Gasteiger partial charge in [-0.3, -0.25) is 23.8 Å². The van der Waals surface area contributed by atoms with Crippen LogP contribution in [-0.4, -0.2) is 49.8 Å². The highest BCUT2D eigenvalue weighted by molar-refractivity contribution is 7.82. The number of aromatic amines is 1. The van der Waals surface area contributed by atoms with Crippen LogP contribution in [0.5, 0.6) is 0 Å². The molecule has 48 heavy (non-hydrogen) atoms. The molecule has 0 saturated carbocycles. The van der Waals surface area contributed by atoms with Gasteiger partial charge in [0, 0.05) is 37.4 Å². The van der Waals surface area contributed by atoms with E-state index in [1.165, 1.54) is 15.4 Å². The van der Waals surface area contributed by atoms with Crippen LogP contribution in [0.15, 0.2) is 137 Å². The zero-order valence-electron chi connectivity index (χ0n) is 26.7. The van der Waals surface area contributed by atoms with E-state index in [-0.39, 0.29) is 13.1 Å². The summed E-state index contributed by atoms with van der Waals surface area (Å²) in [6.45, 7) is -0.333. The van der Waals surface area contributed by atoms with Crippen molar-refractivity contribution < 1.29 is 14.2 Å². The molecule has 0 amide bonds. The van der Waals surface area contributed by atoms with E-state index in [1.807, 2.05) is 91.9 Å². The summed E-state index contributed by atoms with van der Waals surface area (Å²) in [5.41, 5.74) is 2.19. The molecular formula is C37H38ClN4O5P. The van der Waals surface area contributed by atoms with Gasteiger partial charge in [0.15, 0.2) is 6.23 Å². The molecule has 0 aliphatic carbocycles. The van der Waals surface area contributed by atoms with Gasteiger partial charge in [0.1, 0.15) is 0 Å². The number of hydrogen-bond donors (Lipinski definition) is 2. The summed E-state index contributed by atoms with van der Waals surface area (Å²) in [4.78, 5) is 41.3. The zero-order chi connectivity index (χ0) is 33.9. The smallest absolute Gasteiger partial charge is 0.351 e. The number of nitrogens with zero attached hydrogens (tertiary/aromatic N) is 3. The van der Waals surface area contributed by atoms with Gasteiger partial charge in [0.05, 0.1) is 11.6 Å². The highest BCUT2D eigenvalue weighted by Crippen LogP contribution is 2.55. The first-order chi connectivity index (χ1) is 23.1. The summed E-state index contributed by atoms with van der Waals surface area (Å²) >= 11 is 6.27. The Morgan fingerprint density at radius 3 is 1.83 bits per heavy atom. The van der Waals surface area contributed by atoms with Gasteiger partial charge in [-0.1, -0.05) is 121 Å². The number of halogens is 1. The highest BCUT2D eigenvalue weighted by Gasteiger charge is 2.47. The molecule has 6 rings (SSSR count). The molecule has 0 bridgehead atoms. The van der Waals surface area contributed by atoms with Crippen molar-refractivity contribution >= 4 is 18.1 Å². The fraction of sp³-hybridized carbons (Fsp3) is 0.243. The second-order valence-electron chi connectivity index (χ2n) is 12.1. The Morgan fingerprint density at radius 1 is 0.875 bits per heavy atom. The van der Waals surface area contributed by atoms with Crippen molar-refractivity contribution in [2.75, 3.05) is 19.6 Å². The molecular weight excluding hydrogens is 647 g/mol. The van der Waals surface area contributed by atoms with Crippen LogP contribution in [0.4, 0.5) is 0 Å². The highest BCUT2D eigenvalue weighted by atomic mass is 35.7. The van der Waals surface area contributed by atoms with Crippen molar-refractivity contribution in [1.82, 2.24) is 19.1 Å². The maximum Gasteiger partial charge on any atom is 0.361 e. The van der Waals surface area contributed by atoms with Gasteiger partial charge in [-0.15, -0.1) is 0 Å². The molecule has 2 N–H and O–H groups in total. The van der Waals surface area contributed by atoms with E-state index >= 15 is 0 Å². The van der Waals surface area contributed by atoms with E-state index in [0.717, 1.165) is 22.3 Å². The SMILES string of the molecule is Cc1cn([C@H]2CN(C(c3ccccc3)(c3ccccc3)c3ccccc3)C[C@@H](CN([C@H](C)c3ccccc3)P(=O)(O)Cl)O2)c(=O)[nH]c1=O. The molecule has 9 nitrogen and oxygen atoms in total. The maximum atomic E-state index is 13.3. The number of H-pyrrole nitrogens is 1. The Kier molecular flexibility index (Phi) is 9.99. The molecule has 4 atom stereocenters. The van der Waals surface area contributed by atoms with Gasteiger partial charge < -0.3 is 9.63 Å². The van der Waals surface area contributed by atoms with Crippen LogP contribution in [0.2, 0.25) is 0 Å². The number of aryl methyl sites for hydroxylation is 1. The number of nitrogens with one attached hydrogen (secondary N) is 1. The molecule has 0 spiro atoms. The van der Waals surface area contributed by atoms with Crippen LogP contribution in [0.3, 0.4) is 0 Å². The van der Waals surface area contributed by atoms with Crippen LogP contribution in [0, 0.1) is 6.92 Å². The molecule has 1 saturated heterocycles. The number of hydrogen-bond acceptors (Lipinski definition) is 5. The van der Waals surface area contributed by atoms with Gasteiger partial charge in [-0.05, 0) is 47.3 Å². The molecule has 0 radical (unpaired) electrons. The molecule has 248 valence electrons. The predicted octanol–water partition coefficient (Wildman–Crippen LogP) is 6.44. The number of ether oxygens (including phenoxy) is 1. The van der Waals surface area contributed by atoms with Crippen molar-refractivity contribution in [2.24, 2.45) is 0 Å². The number of morpholine rings is 1. The number of benzene rings is 4. The van der Waals surface area contributed by atoms with Gasteiger partial charge in [-0.25, -0.2) is 9.46 Å². The third kappa shape index (κ3) is 6.76. The molecule has 1 fully saturated rings. The summed E-state index contributed by atoms with van der Waals surface area (Å²) in [7, 11) is 0. The Labute approximate surface area is 284 Å². The topological polar surface area (TPSA) is 108 Å². The Hall–Kier alpha value is -4.08. The second-order valence-corrected chi connectivity index (χ2v) is 14.9. The third-order valence-corrected chi connectivity index (χ3v) is 10.8. The fourth-order valence-corrected chi connectivity index (χ4v) is 8.34. The van der Waals surface area contributed by atoms with Crippen LogP contribution in [0.1, 0.15) is 47.0 Å². The summed E-state index contributed by atoms with van der Waals surface area (Å²) in [5.74, 6) is 0. The molecule has 1 aromatic heterocycles. The van der Waals surface area contributed by atoms with Crippen molar-refractivity contribution in [1.29, 1.82) is 0 Å². The lowest BCUT2D eigenvalue weighted by Crippen LogP contribution is -2.59. The minimum absolute atomic E-state index is 0.0220. The van der Waals surface area contributed by atoms with E-state index in [9.17, 15) is 19.0 Å². The summed E-state index contributed by atoms with van der Waals surface area (Å²) < 4.78 is 22.7. The average molecular weight is 685 g/mol.